The summed E-state index contributed by atoms with van der Waals surface area (Å²) in [7, 11) is 0. The number of nitrogens with one attached hydrogen (secondary N) is 1. The molecule has 0 fully saturated rings. The monoisotopic (exact) mass is 387 g/mol. The molecule has 7 heteroatoms. The molecule has 4 heterocycles. The van der Waals surface area contributed by atoms with Crippen molar-refractivity contribution in [2.75, 3.05) is 0 Å². The third-order valence-corrected chi connectivity index (χ3v) is 5.89. The van der Waals surface area contributed by atoms with Crippen LogP contribution in [0.2, 0.25) is 0 Å². The van der Waals surface area contributed by atoms with Crippen molar-refractivity contribution in [2.24, 2.45) is 0 Å². The first-order valence-electron chi connectivity index (χ1n) is 8.98. The van der Waals surface area contributed by atoms with Crippen LogP contribution in [0.4, 0.5) is 0 Å². The first kappa shape index (κ1) is 16.9. The van der Waals surface area contributed by atoms with Crippen LogP contribution in [0.3, 0.4) is 0 Å². The molecule has 6 nitrogen and oxygen atoms in total. The Morgan fingerprint density at radius 2 is 2.07 bits per heavy atom. The quantitative estimate of drug-likeness (QED) is 0.536. The summed E-state index contributed by atoms with van der Waals surface area (Å²) in [6.07, 6.45) is 4.34. The van der Waals surface area contributed by atoms with Gasteiger partial charge in [-0.05, 0) is 24.5 Å². The van der Waals surface area contributed by atoms with Crippen LogP contribution in [-0.4, -0.2) is 25.0 Å². The molecule has 0 atom stereocenters. The number of H-pyrrole nitrogens is 1. The van der Waals surface area contributed by atoms with E-state index in [0.29, 0.717) is 13.2 Å². The van der Waals surface area contributed by atoms with E-state index in [9.17, 15) is 0 Å². The molecule has 0 radical (unpaired) electrons. The predicted molar refractivity (Wildman–Crippen MR) is 106 cm³/mol. The molecule has 1 aliphatic rings. The van der Waals surface area contributed by atoms with Gasteiger partial charge in [0.1, 0.15) is 17.4 Å². The predicted octanol–water partition coefficient (Wildman–Crippen LogP) is 3.38. The Hall–Kier alpha value is -3.21. The van der Waals surface area contributed by atoms with Gasteiger partial charge in [-0.1, -0.05) is 42.2 Å². The van der Waals surface area contributed by atoms with Gasteiger partial charge >= 0.3 is 0 Å². The first-order valence-corrected chi connectivity index (χ1v) is 9.79. The lowest BCUT2D eigenvalue weighted by atomic mass is 10.0. The minimum atomic E-state index is 0.461. The number of ether oxygens (including phenoxy) is 1. The molecule has 4 aromatic rings. The van der Waals surface area contributed by atoms with Crippen molar-refractivity contribution in [1.29, 1.82) is 0 Å². The van der Waals surface area contributed by atoms with Crippen molar-refractivity contribution in [2.45, 2.75) is 26.6 Å². The van der Waals surface area contributed by atoms with Gasteiger partial charge in [-0.15, -0.1) is 21.5 Å². The van der Waals surface area contributed by atoms with Crippen LogP contribution < -0.4 is 0 Å². The minimum Gasteiger partial charge on any atom is -0.369 e. The van der Waals surface area contributed by atoms with E-state index in [-0.39, 0.29) is 0 Å². The molecule has 0 spiro atoms. The summed E-state index contributed by atoms with van der Waals surface area (Å²) in [5, 5.41) is 16.4. The summed E-state index contributed by atoms with van der Waals surface area (Å²) in [5.41, 5.74) is 4.50. The molecule has 0 amide bonds. The van der Waals surface area contributed by atoms with Crippen LogP contribution in [0.25, 0.3) is 5.00 Å². The van der Waals surface area contributed by atoms with Crippen LogP contribution in [0, 0.1) is 18.8 Å². The van der Waals surface area contributed by atoms with Crippen molar-refractivity contribution in [1.82, 2.24) is 25.0 Å². The fourth-order valence-corrected chi connectivity index (χ4v) is 4.61. The lowest BCUT2D eigenvalue weighted by Crippen LogP contribution is -2.00. The van der Waals surface area contributed by atoms with Crippen LogP contribution in [0.15, 0.2) is 42.7 Å². The third kappa shape index (κ3) is 3.03. The number of hydrogen-bond acceptors (Lipinski definition) is 5. The first-order chi connectivity index (χ1) is 13.8. The summed E-state index contributed by atoms with van der Waals surface area (Å²) in [4.78, 5) is 1.04. The number of aromatic amines is 1. The van der Waals surface area contributed by atoms with Crippen molar-refractivity contribution >= 4 is 11.3 Å². The molecule has 1 aromatic carbocycles. The van der Waals surface area contributed by atoms with Gasteiger partial charge < -0.3 is 4.74 Å². The molecule has 1 N–H and O–H groups in total. The Morgan fingerprint density at radius 3 is 2.89 bits per heavy atom. The second-order valence-corrected chi connectivity index (χ2v) is 7.58. The van der Waals surface area contributed by atoms with Gasteiger partial charge in [0.05, 0.1) is 23.2 Å². The third-order valence-electron chi connectivity index (χ3n) is 4.71. The van der Waals surface area contributed by atoms with E-state index in [2.05, 4.69) is 61.1 Å². The van der Waals surface area contributed by atoms with E-state index in [4.69, 9.17) is 4.74 Å². The van der Waals surface area contributed by atoms with Crippen molar-refractivity contribution in [3.63, 3.8) is 0 Å². The maximum atomic E-state index is 5.92. The van der Waals surface area contributed by atoms with Crippen molar-refractivity contribution in [3.8, 4) is 16.8 Å². The maximum Gasteiger partial charge on any atom is 0.164 e. The highest BCUT2D eigenvalue weighted by atomic mass is 32.1. The molecule has 28 heavy (non-hydrogen) atoms. The van der Waals surface area contributed by atoms with E-state index in [1.807, 2.05) is 13.0 Å². The molecule has 0 saturated carbocycles. The summed E-state index contributed by atoms with van der Waals surface area (Å²) in [5.74, 6) is 8.26. The number of rotatable bonds is 2. The maximum absolute atomic E-state index is 5.92. The average molecular weight is 387 g/mol. The highest BCUT2D eigenvalue weighted by Gasteiger charge is 2.25. The van der Waals surface area contributed by atoms with Gasteiger partial charge in [0.2, 0.25) is 0 Å². The van der Waals surface area contributed by atoms with Crippen molar-refractivity contribution < 1.29 is 4.74 Å². The Labute approximate surface area is 166 Å². The molecular weight excluding hydrogens is 370 g/mol. The largest absolute Gasteiger partial charge is 0.369 e. The molecule has 3 aromatic heterocycles. The minimum absolute atomic E-state index is 0.461. The van der Waals surface area contributed by atoms with Gasteiger partial charge in [0, 0.05) is 11.8 Å². The Bertz CT molecular complexity index is 1180. The standard InChI is InChI=1S/C21H17N5OS/c1-14-24-25-20-13-27-12-18-17(9-15-5-3-2-4-6-15)19(28-21(18)26(14)20)8-7-16-10-22-23-11-16/h2-6,10-11H,9,12-13H2,1H3,(H,22,23). The zero-order valence-corrected chi connectivity index (χ0v) is 16.1. The molecule has 0 unspecified atom stereocenters. The van der Waals surface area contributed by atoms with Crippen LogP contribution in [0.1, 0.15) is 38.8 Å². The van der Waals surface area contributed by atoms with E-state index < -0.39 is 0 Å². The smallest absolute Gasteiger partial charge is 0.164 e. The number of benzene rings is 1. The Balaban J connectivity index is 1.67. The number of nitrogens with zero attached hydrogens (tertiary/aromatic N) is 4. The lowest BCUT2D eigenvalue weighted by molar-refractivity contribution is 0.104. The van der Waals surface area contributed by atoms with E-state index in [1.165, 1.54) is 16.7 Å². The molecule has 0 saturated heterocycles. The Kier molecular flexibility index (Phi) is 4.28. The summed E-state index contributed by atoms with van der Waals surface area (Å²) < 4.78 is 8.02. The van der Waals surface area contributed by atoms with E-state index >= 15 is 0 Å². The molecule has 0 bridgehead atoms. The molecule has 1 aliphatic heterocycles. The lowest BCUT2D eigenvalue weighted by Gasteiger charge is -2.06. The fourth-order valence-electron chi connectivity index (χ4n) is 3.36. The van der Waals surface area contributed by atoms with E-state index in [0.717, 1.165) is 33.5 Å². The van der Waals surface area contributed by atoms with Crippen molar-refractivity contribution in [3.05, 3.63) is 81.5 Å². The second kappa shape index (κ2) is 7.08. The fraction of sp³-hybridized carbons (Fsp3) is 0.190. The topological polar surface area (TPSA) is 68.6 Å². The molecule has 0 aliphatic carbocycles. The Morgan fingerprint density at radius 1 is 1.18 bits per heavy atom. The number of hydrogen-bond donors (Lipinski definition) is 1. The summed E-state index contributed by atoms with van der Waals surface area (Å²) >= 11 is 1.68. The van der Waals surface area contributed by atoms with Crippen LogP contribution >= 0.6 is 11.3 Å². The van der Waals surface area contributed by atoms with E-state index in [1.54, 1.807) is 23.7 Å². The normalized spacial score (nSPS) is 12.6. The zero-order valence-electron chi connectivity index (χ0n) is 15.3. The number of aryl methyl sites for hydroxylation is 1. The van der Waals surface area contributed by atoms with Gasteiger partial charge in [-0.2, -0.15) is 5.10 Å². The summed E-state index contributed by atoms with van der Waals surface area (Å²) in [6.45, 7) is 2.98. The van der Waals surface area contributed by atoms with Crippen LogP contribution in [0.5, 0.6) is 0 Å². The highest BCUT2D eigenvalue weighted by Crippen LogP contribution is 2.36. The molecule has 5 rings (SSSR count). The van der Waals surface area contributed by atoms with Gasteiger partial charge in [0.15, 0.2) is 5.82 Å². The van der Waals surface area contributed by atoms with Crippen LogP contribution in [-0.2, 0) is 24.4 Å². The zero-order chi connectivity index (χ0) is 18.9. The van der Waals surface area contributed by atoms with Gasteiger partial charge in [-0.25, -0.2) is 0 Å². The van der Waals surface area contributed by atoms with Gasteiger partial charge in [0.25, 0.3) is 0 Å². The number of fused-ring (bicyclic) bond motifs is 3. The van der Waals surface area contributed by atoms with Gasteiger partial charge in [-0.3, -0.25) is 9.67 Å². The second-order valence-electron chi connectivity index (χ2n) is 6.58. The SMILES string of the molecule is Cc1nnc2n1-c1sc(C#Cc3cn[nH]c3)c(Cc3ccccc3)c1COC2. The number of thiophene rings is 1. The molecule has 138 valence electrons. The highest BCUT2D eigenvalue weighted by molar-refractivity contribution is 7.15. The summed E-state index contributed by atoms with van der Waals surface area (Å²) in [6, 6.07) is 10.5. The average Bonchev–Trinajstić information content (AvgIpc) is 3.40. The molecular formula is C21H17N5OS. The number of aromatic nitrogens is 5.